The summed E-state index contributed by atoms with van der Waals surface area (Å²) in [4.78, 5) is 24.5. The summed E-state index contributed by atoms with van der Waals surface area (Å²) >= 11 is 5.21. The van der Waals surface area contributed by atoms with Crippen molar-refractivity contribution in [2.24, 2.45) is 0 Å². The lowest BCUT2D eigenvalue weighted by molar-refractivity contribution is -0.119. The molecule has 0 saturated carbocycles. The molecule has 136 valence electrons. The Bertz CT molecular complexity index is 778. The first-order chi connectivity index (χ1) is 12.5. The maximum Gasteiger partial charge on any atom is 0.253 e. The highest BCUT2D eigenvalue weighted by Gasteiger charge is 2.14. The van der Waals surface area contributed by atoms with Gasteiger partial charge in [-0.1, -0.05) is 49.4 Å². The molecule has 3 N–H and O–H groups in total. The van der Waals surface area contributed by atoms with Crippen LogP contribution in [0.5, 0.6) is 0 Å². The number of benzene rings is 2. The number of carbonyl (C=O) groups is 2. The highest BCUT2D eigenvalue weighted by atomic mass is 32.1. The summed E-state index contributed by atoms with van der Waals surface area (Å²) in [6.07, 6.45) is 1.08. The van der Waals surface area contributed by atoms with E-state index in [2.05, 4.69) is 16.0 Å². The zero-order valence-electron chi connectivity index (χ0n) is 14.9. The van der Waals surface area contributed by atoms with E-state index in [1.165, 1.54) is 0 Å². The molecule has 0 heterocycles. The van der Waals surface area contributed by atoms with E-state index in [-0.39, 0.29) is 29.4 Å². The average molecular weight is 369 g/mol. The van der Waals surface area contributed by atoms with E-state index in [4.69, 9.17) is 12.2 Å². The normalized spacial score (nSPS) is 11.3. The molecule has 2 aromatic rings. The van der Waals surface area contributed by atoms with Gasteiger partial charge in [-0.25, -0.2) is 0 Å². The van der Waals surface area contributed by atoms with Crippen molar-refractivity contribution >= 4 is 34.8 Å². The van der Waals surface area contributed by atoms with E-state index in [0.717, 1.165) is 12.0 Å². The Morgan fingerprint density at radius 3 is 2.38 bits per heavy atom. The Balaban J connectivity index is 1.98. The predicted octanol–water partition coefficient (Wildman–Crippen LogP) is 3.27. The topological polar surface area (TPSA) is 70.2 Å². The van der Waals surface area contributed by atoms with Crippen molar-refractivity contribution in [3.8, 4) is 0 Å². The highest BCUT2D eigenvalue weighted by molar-refractivity contribution is 7.80. The molecule has 0 spiro atoms. The fourth-order valence-corrected chi connectivity index (χ4v) is 2.52. The van der Waals surface area contributed by atoms with Crippen molar-refractivity contribution in [2.45, 2.75) is 32.7 Å². The van der Waals surface area contributed by atoms with Crippen LogP contribution >= 0.6 is 12.2 Å². The molecule has 0 fully saturated rings. The molecule has 0 bridgehead atoms. The van der Waals surface area contributed by atoms with Crippen LogP contribution in [0.1, 0.15) is 36.2 Å². The maximum atomic E-state index is 12.4. The Morgan fingerprint density at radius 2 is 1.69 bits per heavy atom. The van der Waals surface area contributed by atoms with Gasteiger partial charge in [0.25, 0.3) is 5.91 Å². The lowest BCUT2D eigenvalue weighted by Gasteiger charge is -2.15. The van der Waals surface area contributed by atoms with E-state index >= 15 is 0 Å². The van der Waals surface area contributed by atoms with Crippen LogP contribution in [0.2, 0.25) is 0 Å². The summed E-state index contributed by atoms with van der Waals surface area (Å²) in [6, 6.07) is 16.6. The van der Waals surface area contributed by atoms with Crippen LogP contribution in [-0.2, 0) is 11.2 Å². The van der Waals surface area contributed by atoms with Crippen LogP contribution in [0, 0.1) is 0 Å². The second-order valence-electron chi connectivity index (χ2n) is 5.99. The lowest BCUT2D eigenvalue weighted by atomic mass is 10.1. The van der Waals surface area contributed by atoms with Gasteiger partial charge in [0, 0.05) is 6.04 Å². The van der Waals surface area contributed by atoms with E-state index in [1.54, 1.807) is 24.3 Å². The Hall–Kier alpha value is -2.73. The predicted molar refractivity (Wildman–Crippen MR) is 108 cm³/mol. The zero-order chi connectivity index (χ0) is 18.9. The summed E-state index contributed by atoms with van der Waals surface area (Å²) in [6.45, 7) is 3.95. The second-order valence-corrected chi connectivity index (χ2v) is 6.40. The Labute approximate surface area is 159 Å². The molecule has 26 heavy (non-hydrogen) atoms. The molecule has 0 aliphatic carbocycles. The van der Waals surface area contributed by atoms with Crippen LogP contribution in [0.4, 0.5) is 5.69 Å². The van der Waals surface area contributed by atoms with Gasteiger partial charge in [-0.15, -0.1) is 0 Å². The van der Waals surface area contributed by atoms with E-state index in [1.807, 2.05) is 44.2 Å². The third kappa shape index (κ3) is 5.97. The molecule has 0 aromatic heterocycles. The van der Waals surface area contributed by atoms with E-state index in [0.29, 0.717) is 11.3 Å². The molecule has 1 atom stereocenters. The van der Waals surface area contributed by atoms with Gasteiger partial charge in [0.1, 0.15) is 0 Å². The number of hydrogen-bond acceptors (Lipinski definition) is 3. The van der Waals surface area contributed by atoms with Crippen LogP contribution in [-0.4, -0.2) is 23.0 Å². The lowest BCUT2D eigenvalue weighted by Crippen LogP contribution is -2.36. The standard InChI is InChI=1S/C20H23N3O2S/c1-3-14(2)21-19(25)16-11-7-8-12-17(16)22-20(26)23-18(24)13-15-9-5-4-6-10-15/h4-12,14H,3,13H2,1-2H3,(H,21,25)(H2,22,23,24,26). The quantitative estimate of drug-likeness (QED) is 0.684. The molecular formula is C20H23N3O2S. The van der Waals surface area contributed by atoms with Gasteiger partial charge in [0.05, 0.1) is 17.7 Å². The molecule has 0 radical (unpaired) electrons. The van der Waals surface area contributed by atoms with Gasteiger partial charge in [-0.2, -0.15) is 0 Å². The van der Waals surface area contributed by atoms with Crippen LogP contribution in [0.25, 0.3) is 0 Å². The van der Waals surface area contributed by atoms with Crippen molar-refractivity contribution in [3.05, 3.63) is 65.7 Å². The third-order valence-corrected chi connectivity index (χ3v) is 4.07. The van der Waals surface area contributed by atoms with Crippen molar-refractivity contribution in [3.63, 3.8) is 0 Å². The molecular weight excluding hydrogens is 346 g/mol. The summed E-state index contributed by atoms with van der Waals surface area (Å²) in [5.74, 6) is -0.393. The number of anilines is 1. The molecule has 0 aliphatic heterocycles. The van der Waals surface area contributed by atoms with Crippen molar-refractivity contribution in [2.75, 3.05) is 5.32 Å². The first-order valence-corrected chi connectivity index (χ1v) is 8.95. The van der Waals surface area contributed by atoms with Crippen molar-refractivity contribution in [1.82, 2.24) is 10.6 Å². The molecule has 6 heteroatoms. The number of carbonyl (C=O) groups excluding carboxylic acids is 2. The number of hydrogen-bond donors (Lipinski definition) is 3. The average Bonchev–Trinajstić information content (AvgIpc) is 2.62. The molecule has 2 rings (SSSR count). The number of thiocarbonyl (C=S) groups is 1. The smallest absolute Gasteiger partial charge is 0.253 e. The Kier molecular flexibility index (Phi) is 7.29. The largest absolute Gasteiger partial charge is 0.350 e. The highest BCUT2D eigenvalue weighted by Crippen LogP contribution is 2.15. The Morgan fingerprint density at radius 1 is 1.04 bits per heavy atom. The van der Waals surface area contributed by atoms with Crippen molar-refractivity contribution < 1.29 is 9.59 Å². The second kappa shape index (κ2) is 9.68. The van der Waals surface area contributed by atoms with E-state index < -0.39 is 0 Å². The van der Waals surface area contributed by atoms with Crippen LogP contribution in [0.15, 0.2) is 54.6 Å². The summed E-state index contributed by atoms with van der Waals surface area (Å²) < 4.78 is 0. The number of para-hydroxylation sites is 1. The maximum absolute atomic E-state index is 12.4. The minimum absolute atomic E-state index is 0.0769. The monoisotopic (exact) mass is 369 g/mol. The minimum atomic E-state index is -0.213. The van der Waals surface area contributed by atoms with Gasteiger partial charge < -0.3 is 16.0 Å². The van der Waals surface area contributed by atoms with Gasteiger partial charge in [-0.3, -0.25) is 9.59 Å². The summed E-state index contributed by atoms with van der Waals surface area (Å²) in [7, 11) is 0. The molecule has 2 amide bonds. The summed E-state index contributed by atoms with van der Waals surface area (Å²) in [5, 5.41) is 8.67. The van der Waals surface area contributed by atoms with Gasteiger partial charge in [-0.05, 0) is 43.3 Å². The fourth-order valence-electron chi connectivity index (χ4n) is 2.30. The van der Waals surface area contributed by atoms with Crippen molar-refractivity contribution in [1.29, 1.82) is 0 Å². The first-order valence-electron chi connectivity index (χ1n) is 8.54. The molecule has 2 aromatic carbocycles. The number of amides is 2. The number of rotatable bonds is 6. The van der Waals surface area contributed by atoms with Crippen LogP contribution in [0.3, 0.4) is 0 Å². The van der Waals surface area contributed by atoms with E-state index in [9.17, 15) is 9.59 Å². The summed E-state index contributed by atoms with van der Waals surface area (Å²) in [5.41, 5.74) is 1.94. The third-order valence-electron chi connectivity index (χ3n) is 3.87. The first kappa shape index (κ1) is 19.6. The molecule has 1 unspecified atom stereocenters. The van der Waals surface area contributed by atoms with Gasteiger partial charge in [0.2, 0.25) is 5.91 Å². The number of nitrogens with one attached hydrogen (secondary N) is 3. The molecule has 5 nitrogen and oxygen atoms in total. The van der Waals surface area contributed by atoms with Gasteiger partial charge in [0.15, 0.2) is 5.11 Å². The minimum Gasteiger partial charge on any atom is -0.350 e. The SMILES string of the molecule is CCC(C)NC(=O)c1ccccc1NC(=S)NC(=O)Cc1ccccc1. The fraction of sp³-hybridized carbons (Fsp3) is 0.250. The van der Waals surface area contributed by atoms with Gasteiger partial charge >= 0.3 is 0 Å². The zero-order valence-corrected chi connectivity index (χ0v) is 15.7. The van der Waals surface area contributed by atoms with Crippen LogP contribution < -0.4 is 16.0 Å². The molecule has 0 aliphatic rings. The molecule has 0 saturated heterocycles.